The minimum absolute atomic E-state index is 0.0103. The first-order valence-corrected chi connectivity index (χ1v) is 32.0. The number of halogens is 2. The summed E-state index contributed by atoms with van der Waals surface area (Å²) in [6, 6.07) is 46.8. The number of para-hydroxylation sites is 2. The molecule has 2 fully saturated rings. The summed E-state index contributed by atoms with van der Waals surface area (Å²) < 4.78 is 103. The normalized spacial score (nSPS) is 19.4. The van der Waals surface area contributed by atoms with Gasteiger partial charge in [0.2, 0.25) is 0 Å². The second-order valence-corrected chi connectivity index (χ2v) is 24.6. The van der Waals surface area contributed by atoms with E-state index in [-0.39, 0.29) is 70.0 Å². The van der Waals surface area contributed by atoms with Crippen molar-refractivity contribution in [1.82, 2.24) is 29.1 Å². The monoisotopic (exact) mass is 1310 g/mol. The number of amides is 1. The Balaban J connectivity index is 0.966. The first-order valence-electron chi connectivity index (χ1n) is 28.3. The maximum atomic E-state index is 16.1. The van der Waals surface area contributed by atoms with Gasteiger partial charge in [0.15, 0.2) is 17.0 Å². The second-order valence-electron chi connectivity index (χ2n) is 20.7. The fourth-order valence-corrected chi connectivity index (χ4v) is 13.7. The van der Waals surface area contributed by atoms with Crippen molar-refractivity contribution < 1.29 is 64.8 Å². The van der Waals surface area contributed by atoms with E-state index in [0.29, 0.717) is 33.8 Å². The van der Waals surface area contributed by atoms with Gasteiger partial charge < -0.3 is 38.0 Å². The van der Waals surface area contributed by atoms with Crippen LogP contribution in [0.4, 0.5) is 5.82 Å². The molecule has 6 aromatic carbocycles. The number of rotatable bonds is 26. The predicted molar refractivity (Wildman–Crippen MR) is 332 cm³/mol. The van der Waals surface area contributed by atoms with Crippen LogP contribution in [0.3, 0.4) is 0 Å². The average Bonchev–Trinajstić information content (AvgIpc) is 1.98. The summed E-state index contributed by atoms with van der Waals surface area (Å²) >= 11 is 13.2. The number of carbonyl (C=O) groups is 1. The summed E-state index contributed by atoms with van der Waals surface area (Å²) in [7, 11) is -6.82. The summed E-state index contributed by atoms with van der Waals surface area (Å²) in [5.74, 6) is 0.566. The molecule has 0 spiro atoms. The molecule has 2 aliphatic heterocycles. The maximum Gasteiger partial charge on any atom is 0.530 e. The third kappa shape index (κ3) is 14.5. The molecule has 28 heteroatoms. The minimum atomic E-state index is -5.13. The molecule has 5 heterocycles. The number of ether oxygens (including phenoxy) is 5. The number of hydrogen-bond acceptors (Lipinski definition) is 20. The van der Waals surface area contributed by atoms with Gasteiger partial charge in [-0.15, -0.1) is 0 Å². The van der Waals surface area contributed by atoms with E-state index in [4.69, 9.17) is 74.0 Å². The van der Waals surface area contributed by atoms with Crippen LogP contribution in [0.5, 0.6) is 23.0 Å². The van der Waals surface area contributed by atoms with Crippen LogP contribution in [0.1, 0.15) is 64.3 Å². The maximum absolute atomic E-state index is 16.1. The van der Waals surface area contributed by atoms with Crippen molar-refractivity contribution in [1.29, 1.82) is 5.26 Å². The van der Waals surface area contributed by atoms with E-state index in [1.165, 1.54) is 59.2 Å². The molecule has 91 heavy (non-hydrogen) atoms. The number of hydrogen-bond donors (Lipinski definition) is 2. The van der Waals surface area contributed by atoms with Crippen LogP contribution < -0.4 is 35.1 Å². The lowest BCUT2D eigenvalue weighted by atomic mass is 9.80. The van der Waals surface area contributed by atoms with Gasteiger partial charge in [-0.3, -0.25) is 41.8 Å². The van der Waals surface area contributed by atoms with Gasteiger partial charge in [-0.1, -0.05) is 120 Å². The highest BCUT2D eigenvalue weighted by Crippen LogP contribution is 2.57. The summed E-state index contributed by atoms with van der Waals surface area (Å²) in [6.07, 6.45) is -4.25. The molecule has 3 aromatic heterocycles. The van der Waals surface area contributed by atoms with Crippen molar-refractivity contribution in [2.45, 2.75) is 68.7 Å². The fourth-order valence-electron chi connectivity index (χ4n) is 10.4. The largest absolute Gasteiger partial charge is 0.530 e. The van der Waals surface area contributed by atoms with Crippen LogP contribution in [0.25, 0.3) is 11.2 Å². The Morgan fingerprint density at radius 2 is 1.22 bits per heavy atom. The van der Waals surface area contributed by atoms with Gasteiger partial charge in [-0.2, -0.15) is 5.26 Å². The molecule has 0 aliphatic carbocycles. The van der Waals surface area contributed by atoms with Crippen molar-refractivity contribution in [3.05, 3.63) is 235 Å². The molecule has 8 atom stereocenters. The molecule has 2 saturated heterocycles. The number of aromatic nitrogens is 6. The van der Waals surface area contributed by atoms with Gasteiger partial charge in [-0.25, -0.2) is 28.9 Å². The van der Waals surface area contributed by atoms with E-state index < -0.39 is 88.5 Å². The first kappa shape index (κ1) is 64.0. The standard InChI is InChI=1S/C63H58Cl2N8O16P2/c1-40-35-72(62(76)71-60(40)74)55-33-51(53(84-55)36-81-63(42-17-8-5-9-18-42,43-23-27-45(79-2)28-24-43)44-25-29-46(80-3)30-26-44)89-91(78,87-50-22-13-11-20-48(50)65)83-37-54-52(88-90(77,82-32-14-31-66)86-49-21-12-10-19-47(49)64)34-56(85-54)73-39-69-57-58(67-38-68-59(57)73)70-61(75)41-15-6-4-7-16-41/h4-13,15-30,35,38-39,51-56H,14,32-34,36-37H2,1-3H3,(H,71,74,76)(H,67,68,70,75)/t51-,52-,53+,54+,55+,56+,90?,91?/m0/s1. The number of fused-ring (bicyclic) bond motifs is 1. The number of nitriles is 1. The van der Waals surface area contributed by atoms with E-state index in [0.717, 1.165) is 0 Å². The van der Waals surface area contributed by atoms with E-state index in [1.54, 1.807) is 93.1 Å². The lowest BCUT2D eigenvalue weighted by molar-refractivity contribution is -0.0949. The SMILES string of the molecule is COc1ccc(C(OC[C@H]2O[C@@H](n3cc(C)c(=O)[nH]c3=O)C[C@@H]2OP(=O)(OC[C@H]2O[C@@H](n3cnc4c(NC(=O)c5ccccc5)ncnc43)C[C@@H]2OP(=O)(OCCC#N)Oc2ccccc2Cl)Oc2ccccc2Cl)(c2ccccc2)c2ccc(OC)cc2)cc1. The van der Waals surface area contributed by atoms with Crippen LogP contribution in [-0.4, -0.2) is 93.4 Å². The summed E-state index contributed by atoms with van der Waals surface area (Å²) in [5.41, 5.74) is 0.0884. The minimum Gasteiger partial charge on any atom is -0.497 e. The van der Waals surface area contributed by atoms with Gasteiger partial charge in [0, 0.05) is 30.2 Å². The van der Waals surface area contributed by atoms with Crippen molar-refractivity contribution in [2.24, 2.45) is 0 Å². The molecule has 2 unspecified atom stereocenters. The Bertz CT molecular complexity index is 4250. The van der Waals surface area contributed by atoms with Crippen molar-refractivity contribution in [3.8, 4) is 29.1 Å². The lowest BCUT2D eigenvalue weighted by Crippen LogP contribution is -2.38. The lowest BCUT2D eigenvalue weighted by Gasteiger charge is -2.37. The predicted octanol–water partition coefficient (Wildman–Crippen LogP) is 11.9. The number of nitrogens with zero attached hydrogens (tertiary/aromatic N) is 6. The molecule has 0 radical (unpaired) electrons. The van der Waals surface area contributed by atoms with Crippen LogP contribution in [0, 0.1) is 18.3 Å². The highest BCUT2D eigenvalue weighted by molar-refractivity contribution is 7.49. The van der Waals surface area contributed by atoms with Crippen LogP contribution in [-0.2, 0) is 47.0 Å². The summed E-state index contributed by atoms with van der Waals surface area (Å²) in [6.45, 7) is 0.0526. The molecular formula is C63H58Cl2N8O16P2. The molecule has 0 saturated carbocycles. The van der Waals surface area contributed by atoms with Crippen molar-refractivity contribution in [3.63, 3.8) is 0 Å². The quantitative estimate of drug-likeness (QED) is 0.0289. The molecule has 0 bridgehead atoms. The van der Waals surface area contributed by atoms with E-state index >= 15 is 4.57 Å². The smallest absolute Gasteiger partial charge is 0.497 e. The van der Waals surface area contributed by atoms with Crippen LogP contribution >= 0.6 is 38.8 Å². The molecule has 470 valence electrons. The molecule has 9 aromatic rings. The van der Waals surface area contributed by atoms with Crippen LogP contribution in [0.15, 0.2) is 186 Å². The van der Waals surface area contributed by atoms with E-state index in [1.807, 2.05) is 60.7 Å². The number of benzene rings is 6. The Hall–Kier alpha value is -8.53. The summed E-state index contributed by atoms with van der Waals surface area (Å²) in [5, 5.41) is 12.3. The third-order valence-corrected chi connectivity index (χ3v) is 18.4. The van der Waals surface area contributed by atoms with Crippen molar-refractivity contribution in [2.75, 3.05) is 39.4 Å². The Morgan fingerprint density at radius 1 is 0.692 bits per heavy atom. The van der Waals surface area contributed by atoms with Gasteiger partial charge in [0.25, 0.3) is 11.5 Å². The molecule has 24 nitrogen and oxygen atoms in total. The molecule has 11 rings (SSSR count). The summed E-state index contributed by atoms with van der Waals surface area (Å²) in [4.78, 5) is 55.5. The highest BCUT2D eigenvalue weighted by Gasteiger charge is 2.50. The number of anilines is 1. The number of imidazole rings is 1. The number of phosphoric ester groups is 2. The zero-order chi connectivity index (χ0) is 63.7. The fraction of sp³-hybridized carbons (Fsp3) is 0.254. The number of aryl methyl sites for hydroxylation is 1. The molecular weight excluding hydrogens is 1260 g/mol. The number of H-pyrrole nitrogens is 1. The van der Waals surface area contributed by atoms with Gasteiger partial charge >= 0.3 is 21.3 Å². The third-order valence-electron chi connectivity index (χ3n) is 14.9. The average molecular weight is 1320 g/mol. The second kappa shape index (κ2) is 28.3. The number of carbonyl (C=O) groups excluding carboxylic acids is 1. The zero-order valence-corrected chi connectivity index (χ0v) is 52.1. The van der Waals surface area contributed by atoms with Crippen molar-refractivity contribution >= 4 is 61.7 Å². The molecule has 1 amide bonds. The van der Waals surface area contributed by atoms with Gasteiger partial charge in [0.1, 0.15) is 71.8 Å². The zero-order valence-electron chi connectivity index (χ0n) is 48.8. The number of aromatic amines is 1. The van der Waals surface area contributed by atoms with Crippen LogP contribution in [0.2, 0.25) is 10.0 Å². The van der Waals surface area contributed by atoms with Gasteiger partial charge in [-0.05, 0) is 84.3 Å². The number of methoxy groups -OCH3 is 2. The first-order chi connectivity index (χ1) is 44.1. The Kier molecular flexibility index (Phi) is 19.9. The van der Waals surface area contributed by atoms with Gasteiger partial charge in [0.05, 0.1) is 62.9 Å². The Morgan fingerprint density at radius 3 is 1.79 bits per heavy atom. The number of nitrogens with one attached hydrogen (secondary N) is 2. The topological polar surface area (TPSA) is 287 Å². The van der Waals surface area contributed by atoms with E-state index in [9.17, 15) is 24.2 Å². The molecule has 2 aliphatic rings. The van der Waals surface area contributed by atoms with E-state index in [2.05, 4.69) is 25.3 Å². The highest BCUT2D eigenvalue weighted by atomic mass is 35.5. The molecule has 2 N–H and O–H groups in total. The number of phosphoric acid groups is 2. The Labute approximate surface area is 530 Å².